The quantitative estimate of drug-likeness (QED) is 0.497. The number of nitrogens with one attached hydrogen (secondary N) is 3. The molecule has 0 aliphatic heterocycles. The number of rotatable bonds is 5. The Morgan fingerprint density at radius 1 is 0.963 bits per heavy atom. The summed E-state index contributed by atoms with van der Waals surface area (Å²) in [5.74, 6) is 2.19. The smallest absolute Gasteiger partial charge is 0.233 e. The van der Waals surface area contributed by atoms with Gasteiger partial charge in [0, 0.05) is 11.8 Å². The molecule has 0 bridgehead atoms. The number of benzene rings is 1. The lowest BCUT2D eigenvalue weighted by molar-refractivity contribution is 0.580. The molecule has 0 radical (unpaired) electrons. The van der Waals surface area contributed by atoms with Gasteiger partial charge >= 0.3 is 0 Å². The Morgan fingerprint density at radius 2 is 1.85 bits per heavy atom. The van der Waals surface area contributed by atoms with E-state index in [-0.39, 0.29) is 0 Å². The predicted octanol–water partition coefficient (Wildman–Crippen LogP) is 3.83. The molecule has 0 spiro atoms. The maximum Gasteiger partial charge on any atom is 0.233 e. The summed E-state index contributed by atoms with van der Waals surface area (Å²) in [6.45, 7) is 0. The van der Waals surface area contributed by atoms with Crippen molar-refractivity contribution in [3.05, 3.63) is 60.1 Å². The number of furan rings is 1. The van der Waals surface area contributed by atoms with Crippen LogP contribution in [0.5, 0.6) is 0 Å². The number of hydrogen-bond acceptors (Lipinski definition) is 7. The lowest BCUT2D eigenvalue weighted by Crippen LogP contribution is -2.03. The summed E-state index contributed by atoms with van der Waals surface area (Å²) in [5, 5.41) is 13.4. The van der Waals surface area contributed by atoms with Gasteiger partial charge in [-0.15, -0.1) is 0 Å². The molecule has 1 aromatic carbocycles. The number of hydrogen-bond donors (Lipinski definition) is 3. The third-order valence-electron chi connectivity index (χ3n) is 4.53. The molecule has 8 nitrogen and oxygen atoms in total. The van der Waals surface area contributed by atoms with Gasteiger partial charge in [0.15, 0.2) is 11.6 Å². The molecule has 8 heteroatoms. The van der Waals surface area contributed by atoms with Crippen molar-refractivity contribution < 1.29 is 4.42 Å². The molecule has 0 fully saturated rings. The van der Waals surface area contributed by atoms with Crippen LogP contribution >= 0.6 is 0 Å². The predicted molar refractivity (Wildman–Crippen MR) is 101 cm³/mol. The highest BCUT2D eigenvalue weighted by Crippen LogP contribution is 2.26. The van der Waals surface area contributed by atoms with Crippen molar-refractivity contribution >= 4 is 23.4 Å². The molecule has 0 saturated heterocycles. The minimum Gasteiger partial charge on any atom is -0.463 e. The Hall–Kier alpha value is -3.68. The van der Waals surface area contributed by atoms with E-state index in [0.29, 0.717) is 23.5 Å². The summed E-state index contributed by atoms with van der Waals surface area (Å²) in [6.07, 6.45) is 6.60. The van der Waals surface area contributed by atoms with E-state index in [2.05, 4.69) is 54.0 Å². The van der Waals surface area contributed by atoms with Crippen LogP contribution in [0.25, 0.3) is 11.5 Å². The van der Waals surface area contributed by atoms with Crippen LogP contribution in [0.1, 0.15) is 17.5 Å². The van der Waals surface area contributed by atoms with Gasteiger partial charge in [0.25, 0.3) is 0 Å². The lowest BCUT2D eigenvalue weighted by Gasteiger charge is -2.08. The van der Waals surface area contributed by atoms with E-state index in [9.17, 15) is 0 Å². The van der Waals surface area contributed by atoms with Crippen molar-refractivity contribution in [1.29, 1.82) is 0 Å². The number of H-pyrrole nitrogens is 1. The standard InChI is InChI=1S/C19H17N7O/c1-3-12-6-7-14(9-13(12)4-1)22-18-20-11-21-19(24-18)23-17-10-15(25-26-17)16-5-2-8-27-16/h2,5-11H,1,3-4H2,(H3,20,21,22,23,24,25,26). The molecule has 3 aromatic heterocycles. The monoisotopic (exact) mass is 359 g/mol. The highest BCUT2D eigenvalue weighted by atomic mass is 16.3. The number of aromatic amines is 1. The van der Waals surface area contributed by atoms with Crippen LogP contribution in [-0.2, 0) is 12.8 Å². The van der Waals surface area contributed by atoms with Gasteiger partial charge in [0.05, 0.1) is 6.26 Å². The fraction of sp³-hybridized carbons (Fsp3) is 0.158. The Kier molecular flexibility index (Phi) is 3.78. The first-order valence-electron chi connectivity index (χ1n) is 8.78. The molecule has 0 atom stereocenters. The average Bonchev–Trinajstić information content (AvgIpc) is 3.43. The molecule has 4 aromatic rings. The van der Waals surface area contributed by atoms with Crippen LogP contribution in [0.2, 0.25) is 0 Å². The maximum absolute atomic E-state index is 5.35. The minimum absolute atomic E-state index is 0.408. The topological polar surface area (TPSA) is 105 Å². The fourth-order valence-corrected chi connectivity index (χ4v) is 3.25. The zero-order valence-corrected chi connectivity index (χ0v) is 14.4. The number of anilines is 4. The fourth-order valence-electron chi connectivity index (χ4n) is 3.25. The Labute approximate surface area is 155 Å². The van der Waals surface area contributed by atoms with Crippen molar-refractivity contribution in [1.82, 2.24) is 25.1 Å². The van der Waals surface area contributed by atoms with E-state index in [1.165, 1.54) is 30.3 Å². The number of aryl methyl sites for hydroxylation is 2. The zero-order valence-electron chi connectivity index (χ0n) is 14.4. The molecule has 3 heterocycles. The van der Waals surface area contributed by atoms with Gasteiger partial charge in [0.2, 0.25) is 11.9 Å². The second-order valence-electron chi connectivity index (χ2n) is 6.36. The van der Waals surface area contributed by atoms with Gasteiger partial charge in [-0.05, 0) is 54.7 Å². The van der Waals surface area contributed by atoms with Crippen LogP contribution in [0.3, 0.4) is 0 Å². The Bertz CT molecular complexity index is 1070. The molecular weight excluding hydrogens is 342 g/mol. The van der Waals surface area contributed by atoms with E-state index in [4.69, 9.17) is 4.42 Å². The summed E-state index contributed by atoms with van der Waals surface area (Å²) < 4.78 is 5.35. The second-order valence-corrected chi connectivity index (χ2v) is 6.36. The third-order valence-corrected chi connectivity index (χ3v) is 4.53. The summed E-state index contributed by atoms with van der Waals surface area (Å²) >= 11 is 0. The molecule has 27 heavy (non-hydrogen) atoms. The molecule has 0 unspecified atom stereocenters. The number of nitrogens with zero attached hydrogens (tertiary/aromatic N) is 4. The van der Waals surface area contributed by atoms with Crippen LogP contribution in [0.4, 0.5) is 23.4 Å². The van der Waals surface area contributed by atoms with Crippen LogP contribution < -0.4 is 10.6 Å². The van der Waals surface area contributed by atoms with Gasteiger partial charge in [-0.3, -0.25) is 5.10 Å². The molecule has 5 rings (SSSR count). The molecule has 0 saturated carbocycles. The largest absolute Gasteiger partial charge is 0.463 e. The highest BCUT2D eigenvalue weighted by Gasteiger charge is 2.12. The first-order chi connectivity index (χ1) is 13.3. The van der Waals surface area contributed by atoms with Crippen LogP contribution in [-0.4, -0.2) is 25.1 Å². The first-order valence-corrected chi connectivity index (χ1v) is 8.78. The number of aromatic nitrogens is 5. The first kappa shape index (κ1) is 15.6. The van der Waals surface area contributed by atoms with Gasteiger partial charge in [-0.1, -0.05) is 6.07 Å². The third kappa shape index (κ3) is 3.24. The van der Waals surface area contributed by atoms with Crippen molar-refractivity contribution in [2.75, 3.05) is 10.6 Å². The van der Waals surface area contributed by atoms with Crippen molar-refractivity contribution in [2.45, 2.75) is 19.3 Å². The summed E-state index contributed by atoms with van der Waals surface area (Å²) in [4.78, 5) is 12.8. The molecule has 134 valence electrons. The van der Waals surface area contributed by atoms with Crippen molar-refractivity contribution in [3.63, 3.8) is 0 Å². The van der Waals surface area contributed by atoms with E-state index in [1.807, 2.05) is 18.2 Å². The summed E-state index contributed by atoms with van der Waals surface area (Å²) in [6, 6.07) is 11.9. The summed E-state index contributed by atoms with van der Waals surface area (Å²) in [7, 11) is 0. The molecule has 1 aliphatic rings. The van der Waals surface area contributed by atoms with E-state index < -0.39 is 0 Å². The van der Waals surface area contributed by atoms with E-state index >= 15 is 0 Å². The zero-order chi connectivity index (χ0) is 18.1. The Morgan fingerprint density at radius 3 is 2.74 bits per heavy atom. The normalized spacial score (nSPS) is 12.7. The molecule has 1 aliphatic carbocycles. The lowest BCUT2D eigenvalue weighted by atomic mass is 10.1. The molecular formula is C19H17N7O. The molecule has 3 N–H and O–H groups in total. The average molecular weight is 359 g/mol. The van der Waals surface area contributed by atoms with Crippen molar-refractivity contribution in [3.8, 4) is 11.5 Å². The van der Waals surface area contributed by atoms with Gasteiger partial charge in [-0.2, -0.15) is 10.1 Å². The minimum atomic E-state index is 0.408. The van der Waals surface area contributed by atoms with Gasteiger partial charge < -0.3 is 15.1 Å². The SMILES string of the molecule is c1coc(-c2cc(Nc3ncnc(Nc4ccc5c(c4)CCC5)n3)n[nH]2)c1. The van der Waals surface area contributed by atoms with Gasteiger partial charge in [0.1, 0.15) is 12.0 Å². The van der Waals surface area contributed by atoms with Crippen LogP contribution in [0.15, 0.2) is 53.4 Å². The van der Waals surface area contributed by atoms with E-state index in [1.54, 1.807) is 6.26 Å². The van der Waals surface area contributed by atoms with E-state index in [0.717, 1.165) is 17.8 Å². The van der Waals surface area contributed by atoms with Gasteiger partial charge in [-0.25, -0.2) is 9.97 Å². The molecule has 0 amide bonds. The summed E-state index contributed by atoms with van der Waals surface area (Å²) in [5.41, 5.74) is 4.58. The Balaban J connectivity index is 1.32. The number of fused-ring (bicyclic) bond motifs is 1. The van der Waals surface area contributed by atoms with Crippen molar-refractivity contribution in [2.24, 2.45) is 0 Å². The highest BCUT2D eigenvalue weighted by molar-refractivity contribution is 5.61. The maximum atomic E-state index is 5.35. The van der Waals surface area contributed by atoms with Crippen LogP contribution in [0, 0.1) is 0 Å². The second kappa shape index (κ2) is 6.56.